The van der Waals surface area contributed by atoms with E-state index in [0.717, 1.165) is 49.5 Å². The number of aryl methyl sites for hydroxylation is 1. The van der Waals surface area contributed by atoms with Gasteiger partial charge in [-0.15, -0.1) is 0 Å². The van der Waals surface area contributed by atoms with Crippen LogP contribution in [-0.2, 0) is 20.5 Å². The first-order valence-corrected chi connectivity index (χ1v) is 13.2. The molecule has 1 aromatic rings. The number of hydrogen-bond donors (Lipinski definition) is 0. The number of unbranched alkanes of at least 4 members (excludes halogenated alkanes) is 1. The van der Waals surface area contributed by atoms with Crippen LogP contribution >= 0.6 is 6.83 Å². The van der Waals surface area contributed by atoms with Gasteiger partial charge in [0, 0.05) is 0 Å². The van der Waals surface area contributed by atoms with Gasteiger partial charge in [0.15, 0.2) is 0 Å². The molecule has 1 aromatic carbocycles. The van der Waals surface area contributed by atoms with Gasteiger partial charge < -0.3 is 0 Å². The predicted molar refractivity (Wildman–Crippen MR) is 102 cm³/mol. The summed E-state index contributed by atoms with van der Waals surface area (Å²) in [6.07, 6.45) is 6.05. The molecule has 1 rings (SSSR count). The zero-order valence-corrected chi connectivity index (χ0v) is 17.1. The second kappa shape index (κ2) is 8.09. The van der Waals surface area contributed by atoms with Crippen molar-refractivity contribution in [2.75, 3.05) is 24.6 Å². The van der Waals surface area contributed by atoms with Crippen LogP contribution in [-0.4, -0.2) is 33.1 Å². The molecule has 0 aliphatic rings. The summed E-state index contributed by atoms with van der Waals surface area (Å²) in [6, 6.07) is 7.30. The molecule has 0 aliphatic heterocycles. The quantitative estimate of drug-likeness (QED) is 0.533. The zero-order valence-electron chi connectivity index (χ0n) is 15.3. The van der Waals surface area contributed by atoms with Gasteiger partial charge in [0.2, 0.25) is 0 Å². The Morgan fingerprint density at radius 1 is 0.913 bits per heavy atom. The predicted octanol–water partition coefficient (Wildman–Crippen LogP) is 5.28. The summed E-state index contributed by atoms with van der Waals surface area (Å²) in [6.45, 7) is 7.73. The first-order valence-electron chi connectivity index (χ1n) is 8.87. The average Bonchev–Trinajstić information content (AvgIpc) is 2.59. The fraction of sp³-hybridized carbons (Fsp3) is 0.667. The minimum atomic E-state index is -3.73. The van der Waals surface area contributed by atoms with E-state index in [2.05, 4.69) is 34.6 Å². The average molecular weight is 361 g/mol. The van der Waals surface area contributed by atoms with E-state index in [4.69, 9.17) is 3.97 Å². The van der Waals surface area contributed by atoms with Crippen LogP contribution in [0.25, 0.3) is 0 Å². The molecule has 0 fully saturated rings. The van der Waals surface area contributed by atoms with E-state index in [1.165, 1.54) is 0 Å². The Balaban J connectivity index is 3.32. The first-order chi connectivity index (χ1) is 10.8. The Kier molecular flexibility index (Phi) is 7.25. The number of benzene rings is 1. The normalized spacial score (nSPS) is 14.4. The van der Waals surface area contributed by atoms with Gasteiger partial charge in [0.25, 0.3) is 0 Å². The van der Waals surface area contributed by atoms with Crippen molar-refractivity contribution in [3.8, 4) is 0 Å². The summed E-state index contributed by atoms with van der Waals surface area (Å²) in [4.78, 5) is 0.367. The monoisotopic (exact) mass is 360 g/mol. The molecule has 0 radical (unpaired) electrons. The van der Waals surface area contributed by atoms with E-state index >= 15 is 0 Å². The Bertz CT molecular complexity index is 583. The molecule has 0 amide bonds. The standard InChI is InChI=1S/C18H33O3PS/c1-6-11-14-17-15-12-13-16-18(17)23(19,20)21-22(7-2,8-3,9-4)10-5/h12-13,15-16H,6-11,14H2,1-5H3. The van der Waals surface area contributed by atoms with Crippen LogP contribution in [0.1, 0.15) is 53.0 Å². The summed E-state index contributed by atoms with van der Waals surface area (Å²) < 4.78 is 32.3. The Morgan fingerprint density at radius 3 is 1.91 bits per heavy atom. The van der Waals surface area contributed by atoms with Gasteiger partial charge >= 0.3 is 143 Å². The van der Waals surface area contributed by atoms with Gasteiger partial charge in [0.05, 0.1) is 0 Å². The van der Waals surface area contributed by atoms with Crippen molar-refractivity contribution in [1.82, 2.24) is 0 Å². The molecular formula is C18H33O3PS. The molecule has 0 N–H and O–H groups in total. The summed E-state index contributed by atoms with van der Waals surface area (Å²) >= 11 is 0. The molecule has 0 saturated heterocycles. The molecular weight excluding hydrogens is 327 g/mol. The zero-order chi connectivity index (χ0) is 17.6. The SMILES string of the molecule is CCCCc1ccccc1S(=O)(=O)OP(CC)(CC)(CC)CC. The van der Waals surface area contributed by atoms with E-state index in [0.29, 0.717) is 4.90 Å². The number of rotatable bonds is 10. The van der Waals surface area contributed by atoms with Crippen LogP contribution < -0.4 is 0 Å². The third kappa shape index (κ3) is 4.35. The van der Waals surface area contributed by atoms with Crippen molar-refractivity contribution in [2.24, 2.45) is 0 Å². The minimum absolute atomic E-state index is 0.367. The van der Waals surface area contributed by atoms with Crippen molar-refractivity contribution in [3.63, 3.8) is 0 Å². The van der Waals surface area contributed by atoms with Crippen molar-refractivity contribution in [2.45, 2.75) is 58.8 Å². The van der Waals surface area contributed by atoms with Crippen LogP contribution in [0.15, 0.2) is 29.2 Å². The van der Waals surface area contributed by atoms with E-state index < -0.39 is 16.9 Å². The molecule has 0 aromatic heterocycles. The molecule has 0 saturated carbocycles. The van der Waals surface area contributed by atoms with E-state index in [-0.39, 0.29) is 0 Å². The third-order valence-corrected chi connectivity index (χ3v) is 15.4. The van der Waals surface area contributed by atoms with Crippen molar-refractivity contribution in [3.05, 3.63) is 29.8 Å². The van der Waals surface area contributed by atoms with Crippen molar-refractivity contribution in [1.29, 1.82) is 0 Å². The van der Waals surface area contributed by atoms with Gasteiger partial charge in [-0.1, -0.05) is 0 Å². The summed E-state index contributed by atoms with van der Waals surface area (Å²) in [5, 5.41) is 0. The molecule has 0 spiro atoms. The molecule has 0 heterocycles. The van der Waals surface area contributed by atoms with E-state index in [9.17, 15) is 8.42 Å². The fourth-order valence-electron chi connectivity index (χ4n) is 3.19. The topological polar surface area (TPSA) is 43.4 Å². The fourth-order valence-corrected chi connectivity index (χ4v) is 10.8. The molecule has 0 atom stereocenters. The molecule has 5 heteroatoms. The molecule has 23 heavy (non-hydrogen) atoms. The van der Waals surface area contributed by atoms with Crippen LogP contribution in [0, 0.1) is 0 Å². The van der Waals surface area contributed by atoms with Gasteiger partial charge in [-0.25, -0.2) is 0 Å². The van der Waals surface area contributed by atoms with Gasteiger partial charge in [-0.3, -0.25) is 0 Å². The van der Waals surface area contributed by atoms with Crippen molar-refractivity contribution < 1.29 is 12.4 Å². The van der Waals surface area contributed by atoms with E-state index in [1.807, 2.05) is 12.1 Å². The Morgan fingerprint density at radius 2 is 1.43 bits per heavy atom. The van der Waals surface area contributed by atoms with Gasteiger partial charge in [-0.2, -0.15) is 0 Å². The third-order valence-electron chi connectivity index (χ3n) is 5.55. The van der Waals surface area contributed by atoms with Crippen molar-refractivity contribution >= 4 is 16.9 Å². The number of hydrogen-bond acceptors (Lipinski definition) is 3. The molecule has 0 unspecified atom stereocenters. The first kappa shape index (κ1) is 20.6. The molecule has 134 valence electrons. The maximum absolute atomic E-state index is 13.1. The Hall–Kier alpha value is -0.440. The maximum atomic E-state index is 13.1. The Labute approximate surface area is 143 Å². The summed E-state index contributed by atoms with van der Waals surface area (Å²) in [7, 11) is -3.73. The van der Waals surface area contributed by atoms with Crippen LogP contribution in [0.5, 0.6) is 0 Å². The van der Waals surface area contributed by atoms with Crippen LogP contribution in [0.4, 0.5) is 0 Å². The van der Waals surface area contributed by atoms with E-state index in [1.54, 1.807) is 12.1 Å². The van der Waals surface area contributed by atoms with Gasteiger partial charge in [-0.05, 0) is 0 Å². The summed E-state index contributed by atoms with van der Waals surface area (Å²) in [5.41, 5.74) is 0.880. The summed E-state index contributed by atoms with van der Waals surface area (Å²) in [5.74, 6) is 0. The molecule has 3 nitrogen and oxygen atoms in total. The van der Waals surface area contributed by atoms with Crippen LogP contribution in [0.2, 0.25) is 0 Å². The molecule has 0 bridgehead atoms. The van der Waals surface area contributed by atoms with Gasteiger partial charge in [0.1, 0.15) is 0 Å². The second-order valence-corrected chi connectivity index (χ2v) is 14.6. The molecule has 0 aliphatic carbocycles. The van der Waals surface area contributed by atoms with Crippen LogP contribution in [0.3, 0.4) is 0 Å². The second-order valence-electron chi connectivity index (χ2n) is 6.36.